The maximum absolute atomic E-state index is 11.6. The van der Waals surface area contributed by atoms with Crippen LogP contribution in [-0.2, 0) is 14.3 Å². The van der Waals surface area contributed by atoms with Crippen LogP contribution in [0.5, 0.6) is 0 Å². The number of rotatable bonds is 2. The molecule has 3 unspecified atom stereocenters. The van der Waals surface area contributed by atoms with Crippen molar-refractivity contribution in [2.24, 2.45) is 5.92 Å². The first-order valence-corrected chi connectivity index (χ1v) is 6.59. The summed E-state index contributed by atoms with van der Waals surface area (Å²) < 4.78 is 5.19. The van der Waals surface area contributed by atoms with Gasteiger partial charge in [0.05, 0.1) is 18.6 Å². The summed E-state index contributed by atoms with van der Waals surface area (Å²) in [4.78, 5) is 22.6. The predicted molar refractivity (Wildman–Crippen MR) is 71.7 cm³/mol. The molecule has 0 amide bonds. The van der Waals surface area contributed by atoms with Gasteiger partial charge in [0.1, 0.15) is 12.4 Å². The molecule has 0 radical (unpaired) electrons. The topological polar surface area (TPSA) is 83.8 Å². The molecule has 0 aromatic heterocycles. The van der Waals surface area contributed by atoms with Crippen molar-refractivity contribution >= 4 is 12.3 Å². The van der Waals surface area contributed by atoms with Crippen molar-refractivity contribution in [1.29, 1.82) is 0 Å². The Bertz CT molecular complexity index is 488. The fourth-order valence-electron chi connectivity index (χ4n) is 2.63. The lowest BCUT2D eigenvalue weighted by molar-refractivity contribution is -0.137. The standard InChI is InChI=1S/C15H18O5/c1-9-14-12(18)5-10(7-16)3-2-4-11(8-17)6-13(14)20-15(9)19/h3,6-7,12-14,17-18H,1-2,4-5,8H2/b10-3+,11-6-. The summed E-state index contributed by atoms with van der Waals surface area (Å²) >= 11 is 0. The van der Waals surface area contributed by atoms with E-state index in [0.717, 1.165) is 5.57 Å². The number of aldehydes is 1. The van der Waals surface area contributed by atoms with Crippen LogP contribution in [0.2, 0.25) is 0 Å². The van der Waals surface area contributed by atoms with Gasteiger partial charge in [-0.05, 0) is 30.1 Å². The van der Waals surface area contributed by atoms with Gasteiger partial charge in [0.25, 0.3) is 0 Å². The van der Waals surface area contributed by atoms with Crippen molar-refractivity contribution in [1.82, 2.24) is 0 Å². The van der Waals surface area contributed by atoms with Gasteiger partial charge in [-0.2, -0.15) is 0 Å². The van der Waals surface area contributed by atoms with E-state index in [1.165, 1.54) is 0 Å². The third-order valence-electron chi connectivity index (χ3n) is 3.75. The lowest BCUT2D eigenvalue weighted by Crippen LogP contribution is -2.29. The van der Waals surface area contributed by atoms with Gasteiger partial charge in [-0.15, -0.1) is 0 Å². The van der Waals surface area contributed by atoms with Crippen molar-refractivity contribution in [2.45, 2.75) is 31.5 Å². The Kier molecular flexibility index (Phi) is 4.52. The monoisotopic (exact) mass is 278 g/mol. The molecule has 0 aromatic rings. The highest BCUT2D eigenvalue weighted by atomic mass is 16.6. The summed E-state index contributed by atoms with van der Waals surface area (Å²) in [6.45, 7) is 3.52. The summed E-state index contributed by atoms with van der Waals surface area (Å²) in [6, 6.07) is 0. The molecule has 0 saturated carbocycles. The van der Waals surface area contributed by atoms with E-state index in [-0.39, 0.29) is 18.6 Å². The molecule has 5 heteroatoms. The van der Waals surface area contributed by atoms with E-state index in [9.17, 15) is 19.8 Å². The SMILES string of the molecule is C=C1C(=O)OC2/C=C(\CO)CC/C=C(/C=O)CC(O)C12. The number of fused-ring (bicyclic) bond motifs is 1. The molecule has 2 aliphatic rings. The summed E-state index contributed by atoms with van der Waals surface area (Å²) in [7, 11) is 0. The molecule has 1 aliphatic carbocycles. The molecule has 20 heavy (non-hydrogen) atoms. The van der Waals surface area contributed by atoms with Crippen LogP contribution < -0.4 is 0 Å². The molecule has 1 heterocycles. The molecule has 1 fully saturated rings. The zero-order valence-corrected chi connectivity index (χ0v) is 11.1. The molecule has 0 aromatic carbocycles. The van der Waals surface area contributed by atoms with Crippen LogP contribution in [0.25, 0.3) is 0 Å². The van der Waals surface area contributed by atoms with Gasteiger partial charge < -0.3 is 14.9 Å². The molecular weight excluding hydrogens is 260 g/mol. The largest absolute Gasteiger partial charge is 0.454 e. The van der Waals surface area contributed by atoms with Crippen molar-refractivity contribution in [3.05, 3.63) is 35.5 Å². The van der Waals surface area contributed by atoms with Crippen LogP contribution in [0.15, 0.2) is 35.5 Å². The second-order valence-electron chi connectivity index (χ2n) is 5.11. The van der Waals surface area contributed by atoms with Gasteiger partial charge in [0.15, 0.2) is 0 Å². The molecule has 5 nitrogen and oxygen atoms in total. The zero-order valence-electron chi connectivity index (χ0n) is 11.1. The summed E-state index contributed by atoms with van der Waals surface area (Å²) in [5.74, 6) is -1.12. The van der Waals surface area contributed by atoms with Crippen LogP contribution in [0, 0.1) is 5.92 Å². The number of hydrogen-bond acceptors (Lipinski definition) is 5. The predicted octanol–water partition coefficient (Wildman–Crippen LogP) is 0.673. The number of aliphatic hydroxyl groups excluding tert-OH is 2. The first kappa shape index (κ1) is 14.7. The molecule has 0 bridgehead atoms. The summed E-state index contributed by atoms with van der Waals surface area (Å²) in [5.41, 5.74) is 1.42. The fourth-order valence-corrected chi connectivity index (χ4v) is 2.63. The van der Waals surface area contributed by atoms with Crippen LogP contribution in [0.4, 0.5) is 0 Å². The van der Waals surface area contributed by atoms with Gasteiger partial charge in [0.2, 0.25) is 0 Å². The molecule has 1 aliphatic heterocycles. The van der Waals surface area contributed by atoms with E-state index < -0.39 is 24.1 Å². The van der Waals surface area contributed by atoms with E-state index in [1.807, 2.05) is 0 Å². The number of carbonyl (C=O) groups excluding carboxylic acids is 2. The molecule has 108 valence electrons. The number of aliphatic hydroxyl groups is 2. The lowest BCUT2D eigenvalue weighted by atomic mass is 9.85. The van der Waals surface area contributed by atoms with Crippen LogP contribution in [0.1, 0.15) is 19.3 Å². The van der Waals surface area contributed by atoms with E-state index in [2.05, 4.69) is 6.58 Å². The summed E-state index contributed by atoms with van der Waals surface area (Å²) in [6.07, 6.45) is 3.95. The lowest BCUT2D eigenvalue weighted by Gasteiger charge is -2.22. The average Bonchev–Trinajstić information content (AvgIpc) is 2.71. The summed E-state index contributed by atoms with van der Waals surface area (Å²) in [5, 5.41) is 19.6. The Labute approximate surface area is 117 Å². The minimum absolute atomic E-state index is 0.145. The maximum Gasteiger partial charge on any atom is 0.334 e. The number of hydrogen-bond donors (Lipinski definition) is 2. The van der Waals surface area contributed by atoms with Gasteiger partial charge in [-0.25, -0.2) is 4.79 Å². The van der Waals surface area contributed by atoms with E-state index in [0.29, 0.717) is 24.7 Å². The number of carbonyl (C=O) groups is 2. The van der Waals surface area contributed by atoms with Gasteiger partial charge >= 0.3 is 5.97 Å². The number of allylic oxidation sites excluding steroid dienone is 1. The first-order valence-electron chi connectivity index (χ1n) is 6.59. The Hall–Kier alpha value is -1.72. The fraction of sp³-hybridized carbons (Fsp3) is 0.467. The highest BCUT2D eigenvalue weighted by molar-refractivity contribution is 5.91. The molecular formula is C15H18O5. The number of ether oxygens (including phenoxy) is 1. The Morgan fingerprint density at radius 1 is 1.50 bits per heavy atom. The van der Waals surface area contributed by atoms with Crippen LogP contribution >= 0.6 is 0 Å². The quantitative estimate of drug-likeness (QED) is 0.336. The highest BCUT2D eigenvalue weighted by Gasteiger charge is 2.42. The molecule has 2 rings (SSSR count). The van der Waals surface area contributed by atoms with Crippen LogP contribution in [0.3, 0.4) is 0 Å². The van der Waals surface area contributed by atoms with Crippen LogP contribution in [-0.4, -0.2) is 41.3 Å². The van der Waals surface area contributed by atoms with E-state index in [4.69, 9.17) is 4.74 Å². The van der Waals surface area contributed by atoms with Crippen molar-refractivity contribution < 1.29 is 24.5 Å². The molecule has 3 atom stereocenters. The second kappa shape index (κ2) is 6.15. The van der Waals surface area contributed by atoms with Crippen molar-refractivity contribution in [3.8, 4) is 0 Å². The van der Waals surface area contributed by atoms with Crippen molar-refractivity contribution in [2.75, 3.05) is 6.61 Å². The van der Waals surface area contributed by atoms with Gasteiger partial charge in [0, 0.05) is 12.0 Å². The minimum Gasteiger partial charge on any atom is -0.454 e. The Balaban J connectivity index is 2.36. The average molecular weight is 278 g/mol. The highest BCUT2D eigenvalue weighted by Crippen LogP contribution is 2.34. The normalized spacial score (nSPS) is 36.2. The first-order chi connectivity index (χ1) is 9.56. The van der Waals surface area contributed by atoms with E-state index in [1.54, 1.807) is 12.2 Å². The Morgan fingerprint density at radius 3 is 2.90 bits per heavy atom. The van der Waals surface area contributed by atoms with E-state index >= 15 is 0 Å². The van der Waals surface area contributed by atoms with Crippen molar-refractivity contribution in [3.63, 3.8) is 0 Å². The molecule has 2 N–H and O–H groups in total. The Morgan fingerprint density at radius 2 is 2.25 bits per heavy atom. The molecule has 0 spiro atoms. The number of esters is 1. The smallest absolute Gasteiger partial charge is 0.334 e. The minimum atomic E-state index is -0.912. The third kappa shape index (κ3) is 2.89. The van der Waals surface area contributed by atoms with Gasteiger partial charge in [-0.1, -0.05) is 12.7 Å². The van der Waals surface area contributed by atoms with Gasteiger partial charge in [-0.3, -0.25) is 4.79 Å². The molecule has 1 saturated heterocycles. The zero-order chi connectivity index (χ0) is 14.7. The second-order valence-corrected chi connectivity index (χ2v) is 5.11. The third-order valence-corrected chi connectivity index (χ3v) is 3.75. The maximum atomic E-state index is 11.6.